The molecule has 0 unspecified atom stereocenters. The molecule has 10 heteroatoms. The van der Waals surface area contributed by atoms with Gasteiger partial charge in [0, 0.05) is 0 Å². The number of hydrogen-bond acceptors (Lipinski definition) is 4. The fourth-order valence-corrected chi connectivity index (χ4v) is 2.15. The quantitative estimate of drug-likeness (QED) is 0.668. The number of aromatic nitrogens is 2. The molecule has 2 aromatic rings. The Hall–Kier alpha value is -2.91. The average Bonchev–Trinajstić information content (AvgIpc) is 2.80. The molecule has 0 aliphatic carbocycles. The number of halogens is 3. The number of amides is 1. The summed E-state index contributed by atoms with van der Waals surface area (Å²) in [5, 5.41) is 16.6. The number of benzene rings is 1. The second-order valence-electron chi connectivity index (χ2n) is 5.07. The predicted molar refractivity (Wildman–Crippen MR) is 78.3 cm³/mol. The first-order valence-corrected chi connectivity index (χ1v) is 6.76. The Labute approximate surface area is 134 Å². The highest BCUT2D eigenvalue weighted by molar-refractivity contribution is 5.90. The number of hydrogen-bond donors (Lipinski definition) is 1. The Bertz CT molecular complexity index is 805. The Kier molecular flexibility index (Phi) is 4.86. The third-order valence-corrected chi connectivity index (χ3v) is 3.28. The van der Waals surface area contributed by atoms with Crippen molar-refractivity contribution in [2.24, 2.45) is 0 Å². The number of nitrogens with zero attached hydrogens (tertiary/aromatic N) is 3. The summed E-state index contributed by atoms with van der Waals surface area (Å²) in [7, 11) is 0. The molecule has 0 spiro atoms. The van der Waals surface area contributed by atoms with E-state index in [1.165, 1.54) is 25.1 Å². The first-order valence-electron chi connectivity index (χ1n) is 6.76. The standard InChI is InChI=1S/C14H13F3N4O3/c1-7-3-4-9(15)10(5-7)18-11(22)6-20-8(2)13(21(23)24)12(19-20)14(16)17/h3-5,14H,6H2,1-2H3,(H,18,22). The minimum atomic E-state index is -3.15. The van der Waals surface area contributed by atoms with Crippen LogP contribution in [-0.4, -0.2) is 20.6 Å². The van der Waals surface area contributed by atoms with E-state index < -0.39 is 41.0 Å². The monoisotopic (exact) mass is 342 g/mol. The molecule has 24 heavy (non-hydrogen) atoms. The molecule has 1 N–H and O–H groups in total. The number of alkyl halides is 2. The number of rotatable bonds is 5. The van der Waals surface area contributed by atoms with Crippen molar-refractivity contribution in [2.45, 2.75) is 26.8 Å². The largest absolute Gasteiger partial charge is 0.322 e. The Morgan fingerprint density at radius 1 is 1.42 bits per heavy atom. The van der Waals surface area contributed by atoms with Crippen molar-refractivity contribution in [1.29, 1.82) is 0 Å². The van der Waals surface area contributed by atoms with Gasteiger partial charge < -0.3 is 5.32 Å². The lowest BCUT2D eigenvalue weighted by atomic mass is 10.2. The van der Waals surface area contributed by atoms with E-state index in [9.17, 15) is 28.1 Å². The maximum atomic E-state index is 13.6. The molecule has 0 radical (unpaired) electrons. The van der Waals surface area contributed by atoms with Crippen molar-refractivity contribution in [2.75, 3.05) is 5.32 Å². The number of carbonyl (C=O) groups excluding carboxylic acids is 1. The Morgan fingerprint density at radius 2 is 2.08 bits per heavy atom. The maximum absolute atomic E-state index is 13.6. The minimum Gasteiger partial charge on any atom is -0.322 e. The van der Waals surface area contributed by atoms with Crippen molar-refractivity contribution >= 4 is 17.3 Å². The predicted octanol–water partition coefficient (Wildman–Crippen LogP) is 3.12. The summed E-state index contributed by atoms with van der Waals surface area (Å²) >= 11 is 0. The van der Waals surface area contributed by atoms with Crippen LogP contribution in [-0.2, 0) is 11.3 Å². The highest BCUT2D eigenvalue weighted by Crippen LogP contribution is 2.30. The van der Waals surface area contributed by atoms with Crippen LogP contribution in [0.25, 0.3) is 0 Å². The SMILES string of the molecule is Cc1ccc(F)c(NC(=O)Cn2nc(C(F)F)c([N+](=O)[O-])c2C)c1. The molecule has 0 atom stereocenters. The fourth-order valence-electron chi connectivity index (χ4n) is 2.15. The second-order valence-corrected chi connectivity index (χ2v) is 5.07. The zero-order valence-corrected chi connectivity index (χ0v) is 12.7. The van der Waals surface area contributed by atoms with Gasteiger partial charge in [0.25, 0.3) is 6.43 Å². The molecule has 2 rings (SSSR count). The van der Waals surface area contributed by atoms with E-state index in [4.69, 9.17) is 0 Å². The third-order valence-electron chi connectivity index (χ3n) is 3.28. The van der Waals surface area contributed by atoms with Gasteiger partial charge in [-0.05, 0) is 31.5 Å². The zero-order chi connectivity index (χ0) is 18.0. The van der Waals surface area contributed by atoms with Gasteiger partial charge in [-0.25, -0.2) is 13.2 Å². The van der Waals surface area contributed by atoms with E-state index in [-0.39, 0.29) is 11.4 Å². The number of carbonyl (C=O) groups is 1. The molecular formula is C14H13F3N4O3. The molecule has 7 nitrogen and oxygen atoms in total. The van der Waals surface area contributed by atoms with Crippen LogP contribution in [0.2, 0.25) is 0 Å². The highest BCUT2D eigenvalue weighted by atomic mass is 19.3. The van der Waals surface area contributed by atoms with Crippen molar-refractivity contribution in [3.8, 4) is 0 Å². The van der Waals surface area contributed by atoms with Crippen LogP contribution in [0.5, 0.6) is 0 Å². The molecule has 0 bridgehead atoms. The van der Waals surface area contributed by atoms with Gasteiger partial charge in [-0.1, -0.05) is 6.07 Å². The number of nitrogens with one attached hydrogen (secondary N) is 1. The molecule has 128 valence electrons. The van der Waals surface area contributed by atoms with Gasteiger partial charge in [-0.15, -0.1) is 0 Å². The summed E-state index contributed by atoms with van der Waals surface area (Å²) in [6.07, 6.45) is -3.15. The maximum Gasteiger partial charge on any atom is 0.319 e. The Balaban J connectivity index is 2.25. The van der Waals surface area contributed by atoms with Crippen LogP contribution in [0.1, 0.15) is 23.4 Å². The summed E-state index contributed by atoms with van der Waals surface area (Å²) < 4.78 is 40.1. The highest BCUT2D eigenvalue weighted by Gasteiger charge is 2.31. The zero-order valence-electron chi connectivity index (χ0n) is 12.7. The van der Waals surface area contributed by atoms with Gasteiger partial charge in [0.1, 0.15) is 18.1 Å². The van der Waals surface area contributed by atoms with Crippen LogP contribution in [0.15, 0.2) is 18.2 Å². The van der Waals surface area contributed by atoms with Gasteiger partial charge in [0.15, 0.2) is 0 Å². The lowest BCUT2D eigenvalue weighted by molar-refractivity contribution is -0.386. The minimum absolute atomic E-state index is 0.0756. The van der Waals surface area contributed by atoms with Crippen molar-refractivity contribution in [3.63, 3.8) is 0 Å². The number of anilines is 1. The lowest BCUT2D eigenvalue weighted by Crippen LogP contribution is -2.21. The summed E-state index contributed by atoms with van der Waals surface area (Å²) in [4.78, 5) is 21.9. The van der Waals surface area contributed by atoms with Crippen molar-refractivity contribution in [1.82, 2.24) is 9.78 Å². The smallest absolute Gasteiger partial charge is 0.319 e. The van der Waals surface area contributed by atoms with Gasteiger partial charge >= 0.3 is 5.69 Å². The summed E-state index contributed by atoms with van der Waals surface area (Å²) in [5.41, 5.74) is -1.40. The third kappa shape index (κ3) is 3.53. The summed E-state index contributed by atoms with van der Waals surface area (Å²) in [6.45, 7) is 2.34. The Morgan fingerprint density at radius 3 is 2.62 bits per heavy atom. The van der Waals surface area contributed by atoms with Crippen LogP contribution in [0.4, 0.5) is 24.5 Å². The van der Waals surface area contributed by atoms with Crippen LogP contribution < -0.4 is 5.32 Å². The molecule has 1 aromatic carbocycles. The second kappa shape index (κ2) is 6.69. The lowest BCUT2D eigenvalue weighted by Gasteiger charge is -2.08. The van der Waals surface area contributed by atoms with Crippen molar-refractivity contribution in [3.05, 3.63) is 51.1 Å². The van der Waals surface area contributed by atoms with Crippen LogP contribution in [0, 0.1) is 29.8 Å². The first kappa shape index (κ1) is 17.4. The molecular weight excluding hydrogens is 329 g/mol. The van der Waals surface area contributed by atoms with Crippen molar-refractivity contribution < 1.29 is 22.9 Å². The molecule has 0 saturated heterocycles. The number of nitro groups is 1. The van der Waals surface area contributed by atoms with E-state index in [1.807, 2.05) is 0 Å². The topological polar surface area (TPSA) is 90.1 Å². The molecule has 0 saturated carbocycles. The van der Waals surface area contributed by atoms with E-state index in [2.05, 4.69) is 10.4 Å². The summed E-state index contributed by atoms with van der Waals surface area (Å²) in [5.74, 6) is -1.41. The first-order chi connectivity index (χ1) is 11.2. The van der Waals surface area contributed by atoms with E-state index in [0.717, 1.165) is 4.68 Å². The average molecular weight is 342 g/mol. The van der Waals surface area contributed by atoms with Crippen LogP contribution >= 0.6 is 0 Å². The van der Waals surface area contributed by atoms with Gasteiger partial charge in [0.05, 0.1) is 10.6 Å². The van der Waals surface area contributed by atoms with Crippen LogP contribution in [0.3, 0.4) is 0 Å². The molecule has 1 aromatic heterocycles. The molecule has 0 aliphatic heterocycles. The van der Waals surface area contributed by atoms with Gasteiger partial charge in [-0.2, -0.15) is 5.10 Å². The number of aryl methyl sites for hydroxylation is 1. The molecule has 1 heterocycles. The molecule has 0 aliphatic rings. The molecule has 0 fully saturated rings. The van der Waals surface area contributed by atoms with E-state index in [1.54, 1.807) is 6.92 Å². The van der Waals surface area contributed by atoms with Gasteiger partial charge in [-0.3, -0.25) is 19.6 Å². The normalized spacial score (nSPS) is 10.9. The van der Waals surface area contributed by atoms with E-state index >= 15 is 0 Å². The van der Waals surface area contributed by atoms with E-state index in [0.29, 0.717) is 5.56 Å². The molecule has 1 amide bonds. The van der Waals surface area contributed by atoms with Gasteiger partial charge in [0.2, 0.25) is 11.6 Å². The fraction of sp³-hybridized carbons (Fsp3) is 0.286. The summed E-state index contributed by atoms with van der Waals surface area (Å²) in [6, 6.07) is 4.08.